The maximum absolute atomic E-state index is 12.4. The van der Waals surface area contributed by atoms with Crippen molar-refractivity contribution in [1.29, 1.82) is 0 Å². The molecule has 0 aromatic heterocycles. The predicted octanol–water partition coefficient (Wildman–Crippen LogP) is 1.76. The Morgan fingerprint density at radius 1 is 1.29 bits per heavy atom. The summed E-state index contributed by atoms with van der Waals surface area (Å²) in [6, 6.07) is 5.46. The SMILES string of the molecule is CC(C)(C)S(=O)(=O)N1CCc2ccc(N)cc21. The van der Waals surface area contributed by atoms with Crippen LogP contribution in [0.5, 0.6) is 0 Å². The first kappa shape index (κ1) is 12.2. The van der Waals surface area contributed by atoms with Gasteiger partial charge in [-0.15, -0.1) is 0 Å². The lowest BCUT2D eigenvalue weighted by molar-refractivity contribution is 0.556. The number of sulfonamides is 1. The maximum atomic E-state index is 12.4. The Balaban J connectivity index is 2.51. The minimum absolute atomic E-state index is 0.512. The van der Waals surface area contributed by atoms with E-state index in [2.05, 4.69) is 0 Å². The largest absolute Gasteiger partial charge is 0.399 e. The van der Waals surface area contributed by atoms with E-state index in [1.165, 1.54) is 4.31 Å². The minimum atomic E-state index is -3.33. The van der Waals surface area contributed by atoms with E-state index in [0.29, 0.717) is 12.2 Å². The summed E-state index contributed by atoms with van der Waals surface area (Å²) >= 11 is 0. The summed E-state index contributed by atoms with van der Waals surface area (Å²) in [6.45, 7) is 5.66. The number of fused-ring (bicyclic) bond motifs is 1. The fourth-order valence-electron chi connectivity index (χ4n) is 1.95. The molecular weight excluding hydrogens is 236 g/mol. The molecular formula is C12H18N2O2S. The molecule has 5 heteroatoms. The molecule has 0 atom stereocenters. The first-order valence-corrected chi connectivity index (χ1v) is 7.08. The number of nitrogens with two attached hydrogens (primary N) is 1. The highest BCUT2D eigenvalue weighted by Crippen LogP contribution is 2.35. The number of nitrogens with zero attached hydrogens (tertiary/aromatic N) is 1. The van der Waals surface area contributed by atoms with Crippen LogP contribution >= 0.6 is 0 Å². The van der Waals surface area contributed by atoms with Crippen molar-refractivity contribution in [2.24, 2.45) is 0 Å². The van der Waals surface area contributed by atoms with Crippen molar-refractivity contribution in [3.05, 3.63) is 23.8 Å². The van der Waals surface area contributed by atoms with Gasteiger partial charge in [-0.3, -0.25) is 4.31 Å². The summed E-state index contributed by atoms with van der Waals surface area (Å²) in [6.07, 6.45) is 0.755. The summed E-state index contributed by atoms with van der Waals surface area (Å²) in [5.41, 5.74) is 8.11. The van der Waals surface area contributed by atoms with Gasteiger partial charge in [-0.1, -0.05) is 6.07 Å². The molecule has 1 heterocycles. The Morgan fingerprint density at radius 3 is 2.53 bits per heavy atom. The molecule has 1 aromatic rings. The number of hydrogen-bond donors (Lipinski definition) is 1. The van der Waals surface area contributed by atoms with E-state index in [-0.39, 0.29) is 0 Å². The normalized spacial score (nSPS) is 16.1. The highest BCUT2D eigenvalue weighted by molar-refractivity contribution is 7.94. The molecule has 4 nitrogen and oxygen atoms in total. The highest BCUT2D eigenvalue weighted by Gasteiger charge is 2.38. The number of rotatable bonds is 1. The van der Waals surface area contributed by atoms with Crippen LogP contribution in [0.15, 0.2) is 18.2 Å². The molecule has 0 aliphatic carbocycles. The zero-order valence-electron chi connectivity index (χ0n) is 10.4. The highest BCUT2D eigenvalue weighted by atomic mass is 32.2. The Labute approximate surface area is 102 Å². The van der Waals surface area contributed by atoms with E-state index < -0.39 is 14.8 Å². The van der Waals surface area contributed by atoms with Crippen molar-refractivity contribution in [1.82, 2.24) is 0 Å². The van der Waals surface area contributed by atoms with Crippen LogP contribution < -0.4 is 10.0 Å². The van der Waals surface area contributed by atoms with Gasteiger partial charge < -0.3 is 5.73 Å². The van der Waals surface area contributed by atoms with E-state index in [9.17, 15) is 8.42 Å². The third-order valence-corrected chi connectivity index (χ3v) is 5.53. The van der Waals surface area contributed by atoms with Gasteiger partial charge in [0.25, 0.3) is 0 Å². The van der Waals surface area contributed by atoms with Gasteiger partial charge >= 0.3 is 0 Å². The molecule has 0 radical (unpaired) electrons. The molecule has 0 bridgehead atoms. The second-order valence-electron chi connectivity index (χ2n) is 5.33. The third kappa shape index (κ3) is 1.88. The van der Waals surface area contributed by atoms with Crippen LogP contribution in [0.4, 0.5) is 11.4 Å². The van der Waals surface area contributed by atoms with Gasteiger partial charge in [-0.2, -0.15) is 0 Å². The molecule has 0 unspecified atom stereocenters. The number of benzene rings is 1. The van der Waals surface area contributed by atoms with Gasteiger partial charge in [0.15, 0.2) is 0 Å². The van der Waals surface area contributed by atoms with Crippen LogP contribution in [0.2, 0.25) is 0 Å². The van der Waals surface area contributed by atoms with E-state index >= 15 is 0 Å². The van der Waals surface area contributed by atoms with E-state index in [1.807, 2.05) is 12.1 Å². The standard InChI is InChI=1S/C12H18N2O2S/c1-12(2,3)17(15,16)14-7-6-9-4-5-10(13)8-11(9)14/h4-5,8H,6-7,13H2,1-3H3. The first-order valence-electron chi connectivity index (χ1n) is 5.64. The van der Waals surface area contributed by atoms with Gasteiger partial charge in [0.2, 0.25) is 10.0 Å². The summed E-state index contributed by atoms with van der Waals surface area (Å²) in [5.74, 6) is 0. The second-order valence-corrected chi connectivity index (χ2v) is 7.94. The summed E-state index contributed by atoms with van der Waals surface area (Å²) in [5, 5.41) is 0. The summed E-state index contributed by atoms with van der Waals surface area (Å²) in [7, 11) is -3.33. The summed E-state index contributed by atoms with van der Waals surface area (Å²) in [4.78, 5) is 0. The Bertz CT molecular complexity index is 544. The minimum Gasteiger partial charge on any atom is -0.399 e. The van der Waals surface area contributed by atoms with Crippen LogP contribution in [0.1, 0.15) is 26.3 Å². The van der Waals surface area contributed by atoms with Crippen LogP contribution in [0.25, 0.3) is 0 Å². The van der Waals surface area contributed by atoms with Crippen molar-refractivity contribution >= 4 is 21.4 Å². The predicted molar refractivity (Wildman–Crippen MR) is 70.6 cm³/mol. The molecule has 0 saturated heterocycles. The maximum Gasteiger partial charge on any atom is 0.240 e. The Kier molecular flexibility index (Phi) is 2.61. The molecule has 0 spiro atoms. The Morgan fingerprint density at radius 2 is 1.94 bits per heavy atom. The number of hydrogen-bond acceptors (Lipinski definition) is 3. The molecule has 1 aliphatic rings. The van der Waals surface area contributed by atoms with E-state index in [4.69, 9.17) is 5.73 Å². The van der Waals surface area contributed by atoms with Crippen molar-refractivity contribution < 1.29 is 8.42 Å². The average molecular weight is 254 g/mol. The number of nitrogen functional groups attached to an aromatic ring is 1. The van der Waals surface area contributed by atoms with Crippen molar-refractivity contribution in [2.75, 3.05) is 16.6 Å². The second kappa shape index (κ2) is 3.63. The molecule has 17 heavy (non-hydrogen) atoms. The van der Waals surface area contributed by atoms with Crippen molar-refractivity contribution in [2.45, 2.75) is 31.9 Å². The monoisotopic (exact) mass is 254 g/mol. The molecule has 2 rings (SSSR count). The molecule has 1 aromatic carbocycles. The van der Waals surface area contributed by atoms with Gasteiger partial charge in [0.1, 0.15) is 0 Å². The lowest BCUT2D eigenvalue weighted by Gasteiger charge is -2.28. The van der Waals surface area contributed by atoms with Gasteiger partial charge in [-0.25, -0.2) is 8.42 Å². The topological polar surface area (TPSA) is 63.4 Å². The lowest BCUT2D eigenvalue weighted by atomic mass is 10.1. The molecule has 1 aliphatic heterocycles. The zero-order valence-corrected chi connectivity index (χ0v) is 11.2. The average Bonchev–Trinajstić information content (AvgIpc) is 2.58. The van der Waals surface area contributed by atoms with Gasteiger partial charge in [0, 0.05) is 12.2 Å². The lowest BCUT2D eigenvalue weighted by Crippen LogP contribution is -2.42. The van der Waals surface area contributed by atoms with Crippen molar-refractivity contribution in [3.8, 4) is 0 Å². The van der Waals surface area contributed by atoms with Gasteiger partial charge in [-0.05, 0) is 44.9 Å². The third-order valence-electron chi connectivity index (χ3n) is 3.03. The smallest absolute Gasteiger partial charge is 0.240 e. The van der Waals surface area contributed by atoms with Crippen LogP contribution in [-0.4, -0.2) is 19.7 Å². The van der Waals surface area contributed by atoms with E-state index in [1.54, 1.807) is 26.8 Å². The first-order chi connectivity index (χ1) is 7.73. The van der Waals surface area contributed by atoms with Crippen molar-refractivity contribution in [3.63, 3.8) is 0 Å². The molecule has 0 fully saturated rings. The van der Waals surface area contributed by atoms with E-state index in [0.717, 1.165) is 17.7 Å². The quantitative estimate of drug-likeness (QED) is 0.777. The van der Waals surface area contributed by atoms with Crippen LogP contribution in [0.3, 0.4) is 0 Å². The van der Waals surface area contributed by atoms with Crippen LogP contribution in [-0.2, 0) is 16.4 Å². The van der Waals surface area contributed by atoms with Gasteiger partial charge in [0.05, 0.1) is 10.4 Å². The van der Waals surface area contributed by atoms with Crippen LogP contribution in [0, 0.1) is 0 Å². The molecule has 94 valence electrons. The Hall–Kier alpha value is -1.23. The fraction of sp³-hybridized carbons (Fsp3) is 0.500. The summed E-state index contributed by atoms with van der Waals surface area (Å²) < 4.78 is 25.5. The zero-order chi connectivity index (χ0) is 12.8. The molecule has 2 N–H and O–H groups in total. The number of anilines is 2. The fourth-order valence-corrected chi connectivity index (χ4v) is 3.37. The molecule has 0 saturated carbocycles. The molecule has 0 amide bonds.